The van der Waals surface area contributed by atoms with Gasteiger partial charge in [0.25, 0.3) is 5.91 Å². The molecule has 0 atom stereocenters. The first-order valence-corrected chi connectivity index (χ1v) is 15.0. The molecule has 7 nitrogen and oxygen atoms in total. The summed E-state index contributed by atoms with van der Waals surface area (Å²) in [5.74, 6) is -0.326. The number of aliphatic hydroxyl groups is 1. The van der Waals surface area contributed by atoms with Gasteiger partial charge in [0.15, 0.2) is 0 Å². The Morgan fingerprint density at radius 1 is 1.03 bits per heavy atom. The van der Waals surface area contributed by atoms with Gasteiger partial charge in [0.05, 0.1) is 36.2 Å². The van der Waals surface area contributed by atoms with Crippen LogP contribution in [0.3, 0.4) is 0 Å². The maximum absolute atomic E-state index is 13.0. The van der Waals surface area contributed by atoms with Crippen molar-refractivity contribution in [3.8, 4) is 0 Å². The molecule has 1 saturated carbocycles. The zero-order valence-corrected chi connectivity index (χ0v) is 23.2. The van der Waals surface area contributed by atoms with Gasteiger partial charge >= 0.3 is 0 Å². The van der Waals surface area contributed by atoms with Crippen molar-refractivity contribution >= 4 is 44.8 Å². The molecule has 1 aliphatic carbocycles. The van der Waals surface area contributed by atoms with Crippen LogP contribution in [0.4, 0.5) is 5.69 Å². The zero-order valence-electron chi connectivity index (χ0n) is 20.8. The van der Waals surface area contributed by atoms with Crippen LogP contribution in [0.5, 0.6) is 0 Å². The molecule has 1 amide bonds. The van der Waals surface area contributed by atoms with Gasteiger partial charge in [0, 0.05) is 28.7 Å². The molecule has 0 radical (unpaired) electrons. The molecule has 200 valence electrons. The SMILES string of the molecule is CS(=O)(=O)N(c1cccc(C(=O)NC2(CO)CC2)c1)C1CN(C(c2ccc(Cl)cc2)c2ccc(Cl)cc2)C1. The first-order valence-electron chi connectivity index (χ1n) is 12.4. The summed E-state index contributed by atoms with van der Waals surface area (Å²) in [5, 5.41) is 13.7. The number of carbonyl (C=O) groups excluding carboxylic acids is 1. The Bertz CT molecular complexity index is 1380. The lowest BCUT2D eigenvalue weighted by Crippen LogP contribution is -2.61. The van der Waals surface area contributed by atoms with Crippen LogP contribution in [-0.2, 0) is 10.0 Å². The van der Waals surface area contributed by atoms with Crippen LogP contribution in [0.25, 0.3) is 0 Å². The molecule has 38 heavy (non-hydrogen) atoms. The summed E-state index contributed by atoms with van der Waals surface area (Å²) < 4.78 is 27.3. The third-order valence-corrected chi connectivity index (χ3v) is 8.94. The highest BCUT2D eigenvalue weighted by Crippen LogP contribution is 2.37. The molecule has 5 rings (SSSR count). The molecule has 1 saturated heterocycles. The highest BCUT2D eigenvalue weighted by molar-refractivity contribution is 7.92. The second-order valence-electron chi connectivity index (χ2n) is 10.1. The molecule has 0 unspecified atom stereocenters. The van der Waals surface area contributed by atoms with E-state index in [0.717, 1.165) is 24.0 Å². The number of aliphatic hydroxyl groups excluding tert-OH is 1. The molecular formula is C28H29Cl2N3O4S. The number of sulfonamides is 1. The van der Waals surface area contributed by atoms with Crippen LogP contribution in [0.1, 0.15) is 40.4 Å². The third-order valence-electron chi connectivity index (χ3n) is 7.21. The maximum Gasteiger partial charge on any atom is 0.251 e. The van der Waals surface area contributed by atoms with E-state index in [1.54, 1.807) is 24.3 Å². The average Bonchev–Trinajstić information content (AvgIpc) is 3.63. The number of hydrogen-bond donors (Lipinski definition) is 2. The maximum atomic E-state index is 13.0. The summed E-state index contributed by atoms with van der Waals surface area (Å²) in [5.41, 5.74) is 2.31. The van der Waals surface area contributed by atoms with E-state index in [4.69, 9.17) is 23.2 Å². The largest absolute Gasteiger partial charge is 0.394 e. The summed E-state index contributed by atoms with van der Waals surface area (Å²) in [7, 11) is -3.64. The van der Waals surface area contributed by atoms with Crippen molar-refractivity contribution in [3.05, 3.63) is 99.5 Å². The van der Waals surface area contributed by atoms with Crippen molar-refractivity contribution in [2.24, 2.45) is 0 Å². The van der Waals surface area contributed by atoms with Crippen LogP contribution in [0.15, 0.2) is 72.8 Å². The Kier molecular flexibility index (Phi) is 7.46. The molecular weight excluding hydrogens is 545 g/mol. The molecule has 0 bridgehead atoms. The molecule has 2 aliphatic rings. The predicted molar refractivity (Wildman–Crippen MR) is 150 cm³/mol. The number of halogens is 2. The van der Waals surface area contributed by atoms with Crippen LogP contribution in [-0.4, -0.2) is 61.9 Å². The minimum absolute atomic E-state index is 0.104. The molecule has 0 aromatic heterocycles. The Morgan fingerprint density at radius 3 is 2.05 bits per heavy atom. The van der Waals surface area contributed by atoms with E-state index in [2.05, 4.69) is 10.2 Å². The van der Waals surface area contributed by atoms with Crippen LogP contribution in [0, 0.1) is 0 Å². The fourth-order valence-electron chi connectivity index (χ4n) is 5.00. The fourth-order valence-corrected chi connectivity index (χ4v) is 6.42. The van der Waals surface area contributed by atoms with Gasteiger partial charge in [-0.15, -0.1) is 0 Å². The number of anilines is 1. The standard InChI is InChI=1S/C28H29Cl2N3O4S/c1-38(36,37)33(24-4-2-3-21(15-24)27(35)31-28(18-34)13-14-28)25-16-32(17-25)26(19-5-9-22(29)10-6-19)20-7-11-23(30)12-8-20/h2-12,15,25-26,34H,13-14,16-18H2,1H3,(H,31,35). The Balaban J connectivity index is 1.39. The normalized spacial score (nSPS) is 17.2. The quantitative estimate of drug-likeness (QED) is 0.393. The van der Waals surface area contributed by atoms with Crippen molar-refractivity contribution < 1.29 is 18.3 Å². The molecule has 10 heteroatoms. The molecule has 3 aromatic carbocycles. The Hall–Kier alpha value is -2.62. The number of amides is 1. The monoisotopic (exact) mass is 573 g/mol. The number of nitrogens with one attached hydrogen (secondary N) is 1. The summed E-state index contributed by atoms with van der Waals surface area (Å²) >= 11 is 12.3. The lowest BCUT2D eigenvalue weighted by molar-refractivity contribution is 0.0906. The van der Waals surface area contributed by atoms with Crippen molar-refractivity contribution in [1.29, 1.82) is 0 Å². The van der Waals surface area contributed by atoms with Crippen molar-refractivity contribution in [2.45, 2.75) is 30.5 Å². The van der Waals surface area contributed by atoms with Crippen molar-refractivity contribution in [1.82, 2.24) is 10.2 Å². The van der Waals surface area contributed by atoms with Gasteiger partial charge in [-0.3, -0.25) is 14.0 Å². The first-order chi connectivity index (χ1) is 18.1. The van der Waals surface area contributed by atoms with Crippen LogP contribution < -0.4 is 9.62 Å². The summed E-state index contributed by atoms with van der Waals surface area (Å²) in [6.45, 7) is 0.869. The molecule has 3 aromatic rings. The highest BCUT2D eigenvalue weighted by Gasteiger charge is 2.44. The van der Waals surface area contributed by atoms with E-state index in [-0.39, 0.29) is 24.6 Å². The lowest BCUT2D eigenvalue weighted by atomic mass is 9.93. The van der Waals surface area contributed by atoms with Crippen LogP contribution >= 0.6 is 23.2 Å². The Labute approximate surface area is 233 Å². The number of likely N-dealkylation sites (tertiary alicyclic amines) is 1. The predicted octanol–water partition coefficient (Wildman–Crippen LogP) is 4.49. The number of benzene rings is 3. The van der Waals surface area contributed by atoms with E-state index in [1.807, 2.05) is 48.5 Å². The number of nitrogens with zero attached hydrogens (tertiary/aromatic N) is 2. The summed E-state index contributed by atoms with van der Waals surface area (Å²) in [6.07, 6.45) is 2.64. The van der Waals surface area contributed by atoms with E-state index < -0.39 is 15.6 Å². The second-order valence-corrected chi connectivity index (χ2v) is 12.8. The smallest absolute Gasteiger partial charge is 0.251 e. The molecule has 1 heterocycles. The highest BCUT2D eigenvalue weighted by atomic mass is 35.5. The van der Waals surface area contributed by atoms with Gasteiger partial charge < -0.3 is 10.4 Å². The summed E-state index contributed by atoms with van der Waals surface area (Å²) in [4.78, 5) is 15.0. The molecule has 2 N–H and O–H groups in total. The fraction of sp³-hybridized carbons (Fsp3) is 0.321. The van der Waals surface area contributed by atoms with Crippen molar-refractivity contribution in [2.75, 3.05) is 30.3 Å². The molecule has 0 spiro atoms. The number of carbonyl (C=O) groups is 1. The molecule has 2 fully saturated rings. The second kappa shape index (κ2) is 10.5. The first kappa shape index (κ1) is 27.0. The number of hydrogen-bond acceptors (Lipinski definition) is 5. The van der Waals surface area contributed by atoms with Gasteiger partial charge in [0.1, 0.15) is 0 Å². The van der Waals surface area contributed by atoms with Gasteiger partial charge in [-0.25, -0.2) is 8.42 Å². The average molecular weight is 575 g/mol. The van der Waals surface area contributed by atoms with E-state index >= 15 is 0 Å². The minimum Gasteiger partial charge on any atom is -0.394 e. The van der Waals surface area contributed by atoms with Gasteiger partial charge in [-0.05, 0) is 66.4 Å². The summed E-state index contributed by atoms with van der Waals surface area (Å²) in [6, 6.07) is 21.5. The molecule has 1 aliphatic heterocycles. The van der Waals surface area contributed by atoms with Gasteiger partial charge in [-0.1, -0.05) is 53.5 Å². The van der Waals surface area contributed by atoms with E-state index in [0.29, 0.717) is 34.4 Å². The van der Waals surface area contributed by atoms with E-state index in [1.165, 1.54) is 10.6 Å². The topological polar surface area (TPSA) is 90.0 Å². The number of rotatable bonds is 9. The van der Waals surface area contributed by atoms with Gasteiger partial charge in [0.2, 0.25) is 10.0 Å². The van der Waals surface area contributed by atoms with E-state index in [9.17, 15) is 18.3 Å². The van der Waals surface area contributed by atoms with Gasteiger partial charge in [-0.2, -0.15) is 0 Å². The van der Waals surface area contributed by atoms with Crippen LogP contribution in [0.2, 0.25) is 10.0 Å². The Morgan fingerprint density at radius 2 is 1.58 bits per heavy atom. The lowest BCUT2D eigenvalue weighted by Gasteiger charge is -2.48. The minimum atomic E-state index is -3.64. The van der Waals surface area contributed by atoms with Crippen molar-refractivity contribution in [3.63, 3.8) is 0 Å². The third kappa shape index (κ3) is 5.70. The zero-order chi connectivity index (χ0) is 27.1.